The van der Waals surface area contributed by atoms with Gasteiger partial charge in [-0.05, 0) is 26.0 Å². The molecule has 1 rings (SSSR count). The Balaban J connectivity index is 3.06. The molecule has 0 amide bonds. The average Bonchev–Trinajstić information content (AvgIpc) is 2.29. The Labute approximate surface area is 95.3 Å². The van der Waals surface area contributed by atoms with Crippen LogP contribution in [0.4, 0.5) is 11.5 Å². The van der Waals surface area contributed by atoms with Crippen LogP contribution < -0.4 is 22.0 Å². The Morgan fingerprint density at radius 2 is 2.25 bits per heavy atom. The van der Waals surface area contributed by atoms with E-state index in [0.29, 0.717) is 0 Å². The van der Waals surface area contributed by atoms with E-state index in [2.05, 4.69) is 26.3 Å². The first-order valence-electron chi connectivity index (χ1n) is 5.15. The van der Waals surface area contributed by atoms with Crippen LogP contribution in [0, 0.1) is 0 Å². The number of hydrazine groups is 1. The maximum atomic E-state index is 5.39. The lowest BCUT2D eigenvalue weighted by molar-refractivity contribution is 0.898. The smallest absolute Gasteiger partial charge is 0.151 e. The lowest BCUT2D eigenvalue weighted by atomic mass is 10.2. The fourth-order valence-corrected chi connectivity index (χ4v) is 1.30. The van der Waals surface area contributed by atoms with E-state index >= 15 is 0 Å². The first-order chi connectivity index (χ1) is 7.72. The van der Waals surface area contributed by atoms with E-state index in [4.69, 9.17) is 5.84 Å². The van der Waals surface area contributed by atoms with Gasteiger partial charge in [-0.25, -0.2) is 4.98 Å². The van der Waals surface area contributed by atoms with Crippen molar-refractivity contribution >= 4 is 17.2 Å². The second kappa shape index (κ2) is 5.92. The first kappa shape index (κ1) is 12.3. The number of nitrogen functional groups attached to an aromatic ring is 1. The summed E-state index contributed by atoms with van der Waals surface area (Å²) >= 11 is 0. The number of nitrogens with two attached hydrogens (primary N) is 1. The molecule has 0 spiro atoms. The third-order valence-electron chi connectivity index (χ3n) is 2.05. The fourth-order valence-electron chi connectivity index (χ4n) is 1.30. The minimum absolute atomic E-state index is 0.730. The van der Waals surface area contributed by atoms with Crippen LogP contribution in [0.25, 0.3) is 0 Å². The molecular formula is C10H18N6. The number of hydrogen-bond donors (Lipinski definition) is 4. The molecule has 0 radical (unpaired) electrons. The van der Waals surface area contributed by atoms with Crippen molar-refractivity contribution in [2.45, 2.75) is 13.8 Å². The molecule has 1 heterocycles. The maximum Gasteiger partial charge on any atom is 0.151 e. The minimum atomic E-state index is 0.730. The third-order valence-corrected chi connectivity index (χ3v) is 2.05. The summed E-state index contributed by atoms with van der Waals surface area (Å²) in [5.74, 6) is 6.12. The standard InChI is InChI=1S/C10H18N6/c1-4-13-10-9(15-11)6-5-8(14-10)7(2)16-12-3/h5-6,12,15H,4,11H2,1-3H3,(H,13,14)/b16-7+. The summed E-state index contributed by atoms with van der Waals surface area (Å²) in [7, 11) is 1.75. The number of aromatic nitrogens is 1. The van der Waals surface area contributed by atoms with Gasteiger partial charge in [0.2, 0.25) is 0 Å². The molecular weight excluding hydrogens is 204 g/mol. The molecule has 0 bridgehead atoms. The van der Waals surface area contributed by atoms with Crippen molar-refractivity contribution < 1.29 is 0 Å². The van der Waals surface area contributed by atoms with E-state index in [1.54, 1.807) is 7.05 Å². The van der Waals surface area contributed by atoms with Gasteiger partial charge in [0, 0.05) is 13.6 Å². The van der Waals surface area contributed by atoms with Crippen molar-refractivity contribution in [3.8, 4) is 0 Å². The lowest BCUT2D eigenvalue weighted by Crippen LogP contribution is -2.13. The van der Waals surface area contributed by atoms with Gasteiger partial charge in [0.15, 0.2) is 5.82 Å². The molecule has 6 heteroatoms. The zero-order chi connectivity index (χ0) is 12.0. The molecule has 0 atom stereocenters. The van der Waals surface area contributed by atoms with Crippen molar-refractivity contribution in [3.05, 3.63) is 17.8 Å². The van der Waals surface area contributed by atoms with Crippen LogP contribution in [0.3, 0.4) is 0 Å². The van der Waals surface area contributed by atoms with Gasteiger partial charge < -0.3 is 16.2 Å². The lowest BCUT2D eigenvalue weighted by Gasteiger charge is -2.10. The van der Waals surface area contributed by atoms with E-state index < -0.39 is 0 Å². The molecule has 0 aliphatic rings. The summed E-state index contributed by atoms with van der Waals surface area (Å²) in [4.78, 5) is 4.43. The summed E-state index contributed by atoms with van der Waals surface area (Å²) in [6, 6.07) is 3.74. The zero-order valence-electron chi connectivity index (χ0n) is 9.83. The highest BCUT2D eigenvalue weighted by Gasteiger charge is 2.05. The quantitative estimate of drug-likeness (QED) is 0.335. The molecule has 16 heavy (non-hydrogen) atoms. The van der Waals surface area contributed by atoms with Gasteiger partial charge in [0.1, 0.15) is 0 Å². The molecule has 5 N–H and O–H groups in total. The Kier molecular flexibility index (Phi) is 4.53. The molecule has 0 aromatic carbocycles. The molecule has 0 saturated heterocycles. The Hall–Kier alpha value is -1.82. The van der Waals surface area contributed by atoms with Gasteiger partial charge in [0.25, 0.3) is 0 Å². The summed E-state index contributed by atoms with van der Waals surface area (Å²) in [6.07, 6.45) is 0. The summed E-state index contributed by atoms with van der Waals surface area (Å²) in [5.41, 5.74) is 7.73. The Morgan fingerprint density at radius 1 is 1.50 bits per heavy atom. The van der Waals surface area contributed by atoms with Crippen LogP contribution in [0.5, 0.6) is 0 Å². The van der Waals surface area contributed by atoms with E-state index in [1.165, 1.54) is 0 Å². The normalized spacial score (nSPS) is 11.1. The number of anilines is 2. The molecule has 88 valence electrons. The molecule has 0 fully saturated rings. The van der Waals surface area contributed by atoms with Gasteiger partial charge in [0.05, 0.1) is 17.1 Å². The number of nitrogens with one attached hydrogen (secondary N) is 3. The van der Waals surface area contributed by atoms with Gasteiger partial charge in [-0.15, -0.1) is 0 Å². The average molecular weight is 222 g/mol. The van der Waals surface area contributed by atoms with E-state index in [9.17, 15) is 0 Å². The predicted molar refractivity (Wildman–Crippen MR) is 67.5 cm³/mol. The highest BCUT2D eigenvalue weighted by Crippen LogP contribution is 2.18. The summed E-state index contributed by atoms with van der Waals surface area (Å²) < 4.78 is 0. The first-order valence-corrected chi connectivity index (χ1v) is 5.15. The number of hydrogen-bond acceptors (Lipinski definition) is 6. The van der Waals surface area contributed by atoms with Crippen LogP contribution in [-0.2, 0) is 0 Å². The molecule has 6 nitrogen and oxygen atoms in total. The molecule has 0 unspecified atom stereocenters. The van der Waals surface area contributed by atoms with Crippen molar-refractivity contribution in [3.63, 3.8) is 0 Å². The van der Waals surface area contributed by atoms with E-state index in [0.717, 1.165) is 29.5 Å². The largest absolute Gasteiger partial charge is 0.369 e. The molecule has 0 aliphatic heterocycles. The number of hydrazone groups is 1. The van der Waals surface area contributed by atoms with Crippen molar-refractivity contribution in [2.75, 3.05) is 24.3 Å². The van der Waals surface area contributed by atoms with Crippen LogP contribution in [0.15, 0.2) is 17.2 Å². The maximum absolute atomic E-state index is 5.39. The van der Waals surface area contributed by atoms with E-state index in [-0.39, 0.29) is 0 Å². The highest BCUT2D eigenvalue weighted by molar-refractivity contribution is 5.97. The third kappa shape index (κ3) is 2.83. The number of pyridine rings is 1. The molecule has 1 aromatic heterocycles. The Bertz CT molecular complexity index is 374. The topological polar surface area (TPSA) is 87.4 Å². The van der Waals surface area contributed by atoms with Crippen LogP contribution >= 0.6 is 0 Å². The van der Waals surface area contributed by atoms with Crippen molar-refractivity contribution in [1.82, 2.24) is 10.4 Å². The number of nitrogens with zero attached hydrogens (tertiary/aromatic N) is 2. The fraction of sp³-hybridized carbons (Fsp3) is 0.400. The van der Waals surface area contributed by atoms with Crippen LogP contribution in [-0.4, -0.2) is 24.3 Å². The second-order valence-electron chi connectivity index (χ2n) is 3.19. The van der Waals surface area contributed by atoms with Gasteiger partial charge in [-0.3, -0.25) is 5.84 Å². The SMILES string of the molecule is CCNc1nc(/C(C)=N/NC)ccc1NN. The second-order valence-corrected chi connectivity index (χ2v) is 3.19. The molecule has 1 aromatic rings. The summed E-state index contributed by atoms with van der Waals surface area (Å²) in [6.45, 7) is 4.68. The summed E-state index contributed by atoms with van der Waals surface area (Å²) in [5, 5.41) is 7.21. The molecule has 0 saturated carbocycles. The van der Waals surface area contributed by atoms with Crippen molar-refractivity contribution in [1.29, 1.82) is 0 Å². The number of rotatable bonds is 5. The molecule has 0 aliphatic carbocycles. The van der Waals surface area contributed by atoms with Crippen molar-refractivity contribution in [2.24, 2.45) is 10.9 Å². The van der Waals surface area contributed by atoms with Crippen LogP contribution in [0.1, 0.15) is 19.5 Å². The van der Waals surface area contributed by atoms with E-state index in [1.807, 2.05) is 26.0 Å². The van der Waals surface area contributed by atoms with Gasteiger partial charge in [-0.1, -0.05) is 0 Å². The zero-order valence-corrected chi connectivity index (χ0v) is 9.83. The van der Waals surface area contributed by atoms with Gasteiger partial charge in [-0.2, -0.15) is 5.10 Å². The monoisotopic (exact) mass is 222 g/mol. The highest BCUT2D eigenvalue weighted by atomic mass is 15.3. The van der Waals surface area contributed by atoms with Crippen LogP contribution in [0.2, 0.25) is 0 Å². The predicted octanol–water partition coefficient (Wildman–Crippen LogP) is 0.742. The minimum Gasteiger partial charge on any atom is -0.369 e. The Morgan fingerprint density at radius 3 is 2.81 bits per heavy atom. The van der Waals surface area contributed by atoms with Gasteiger partial charge >= 0.3 is 0 Å².